The Hall–Kier alpha value is -2.15. The Labute approximate surface area is 134 Å². The molecule has 1 saturated carbocycles. The number of hydrogen-bond acceptors (Lipinski definition) is 5. The topological polar surface area (TPSA) is 84.7 Å². The SMILES string of the molecule is O=C(NC1CC1)[C@H]1CCCN1CCOc1ccccc1[N+](=O)[O-]. The van der Waals surface area contributed by atoms with E-state index in [1.807, 2.05) is 0 Å². The van der Waals surface area contributed by atoms with Crippen molar-refractivity contribution in [2.45, 2.75) is 37.8 Å². The Morgan fingerprint density at radius 3 is 2.87 bits per heavy atom. The van der Waals surface area contributed by atoms with Crippen LogP contribution in [0.15, 0.2) is 24.3 Å². The third-order valence-corrected chi connectivity index (χ3v) is 4.29. The first-order chi connectivity index (χ1) is 11.1. The molecule has 2 fully saturated rings. The highest BCUT2D eigenvalue weighted by Crippen LogP contribution is 2.26. The third kappa shape index (κ3) is 3.98. The normalized spacial score (nSPS) is 21.1. The second-order valence-corrected chi connectivity index (χ2v) is 6.05. The van der Waals surface area contributed by atoms with E-state index in [0.29, 0.717) is 19.2 Å². The molecule has 1 atom stereocenters. The van der Waals surface area contributed by atoms with E-state index in [0.717, 1.165) is 32.2 Å². The fraction of sp³-hybridized carbons (Fsp3) is 0.562. The molecule has 0 spiro atoms. The fourth-order valence-electron chi connectivity index (χ4n) is 2.92. The second-order valence-electron chi connectivity index (χ2n) is 6.05. The molecule has 0 unspecified atom stereocenters. The van der Waals surface area contributed by atoms with Crippen molar-refractivity contribution in [1.29, 1.82) is 0 Å². The molecular weight excluding hydrogens is 298 g/mol. The number of hydrogen-bond donors (Lipinski definition) is 1. The molecule has 1 aromatic rings. The van der Waals surface area contributed by atoms with Gasteiger partial charge < -0.3 is 10.1 Å². The number of carbonyl (C=O) groups is 1. The maximum Gasteiger partial charge on any atom is 0.310 e. The fourth-order valence-corrected chi connectivity index (χ4v) is 2.92. The number of likely N-dealkylation sites (tertiary alicyclic amines) is 1. The van der Waals surface area contributed by atoms with Gasteiger partial charge >= 0.3 is 5.69 Å². The van der Waals surface area contributed by atoms with Crippen LogP contribution in [0.3, 0.4) is 0 Å². The van der Waals surface area contributed by atoms with Crippen LogP contribution in [-0.2, 0) is 4.79 Å². The van der Waals surface area contributed by atoms with Crippen molar-refractivity contribution < 1.29 is 14.5 Å². The van der Waals surface area contributed by atoms with E-state index < -0.39 is 4.92 Å². The maximum atomic E-state index is 12.2. The molecule has 3 rings (SSSR count). The van der Waals surface area contributed by atoms with E-state index in [4.69, 9.17) is 4.74 Å². The van der Waals surface area contributed by atoms with Crippen LogP contribution >= 0.6 is 0 Å². The number of para-hydroxylation sites is 2. The van der Waals surface area contributed by atoms with E-state index in [1.165, 1.54) is 6.07 Å². The summed E-state index contributed by atoms with van der Waals surface area (Å²) in [6.07, 6.45) is 4.02. The van der Waals surface area contributed by atoms with E-state index in [-0.39, 0.29) is 23.4 Å². The van der Waals surface area contributed by atoms with Gasteiger partial charge in [0, 0.05) is 18.7 Å². The summed E-state index contributed by atoms with van der Waals surface area (Å²) >= 11 is 0. The van der Waals surface area contributed by atoms with E-state index in [2.05, 4.69) is 10.2 Å². The summed E-state index contributed by atoms with van der Waals surface area (Å²) < 4.78 is 5.57. The molecule has 7 nitrogen and oxygen atoms in total. The molecule has 124 valence electrons. The predicted molar refractivity (Wildman–Crippen MR) is 84.4 cm³/mol. The lowest BCUT2D eigenvalue weighted by Gasteiger charge is -2.23. The van der Waals surface area contributed by atoms with Gasteiger partial charge in [0.1, 0.15) is 6.61 Å². The molecule has 1 saturated heterocycles. The summed E-state index contributed by atoms with van der Waals surface area (Å²) in [6, 6.07) is 6.63. The summed E-state index contributed by atoms with van der Waals surface area (Å²) in [7, 11) is 0. The highest BCUT2D eigenvalue weighted by molar-refractivity contribution is 5.82. The molecule has 1 N–H and O–H groups in total. The van der Waals surface area contributed by atoms with Gasteiger partial charge in [-0.25, -0.2) is 0 Å². The van der Waals surface area contributed by atoms with Crippen LogP contribution in [0.2, 0.25) is 0 Å². The molecular formula is C16H21N3O4. The molecule has 23 heavy (non-hydrogen) atoms. The van der Waals surface area contributed by atoms with Crippen LogP contribution in [-0.4, -0.2) is 47.5 Å². The van der Waals surface area contributed by atoms with Gasteiger partial charge in [-0.05, 0) is 38.3 Å². The number of benzene rings is 1. The molecule has 7 heteroatoms. The molecule has 1 heterocycles. The summed E-state index contributed by atoms with van der Waals surface area (Å²) in [6.45, 7) is 1.79. The zero-order chi connectivity index (χ0) is 16.2. The Bertz CT molecular complexity index is 588. The molecule has 1 aliphatic carbocycles. The summed E-state index contributed by atoms with van der Waals surface area (Å²) in [5, 5.41) is 14.0. The Morgan fingerprint density at radius 1 is 1.35 bits per heavy atom. The molecule has 2 aliphatic rings. The largest absolute Gasteiger partial charge is 0.485 e. The number of ether oxygens (including phenoxy) is 1. The number of nitro groups is 1. The highest BCUT2D eigenvalue weighted by atomic mass is 16.6. The molecule has 1 amide bonds. The van der Waals surface area contributed by atoms with E-state index >= 15 is 0 Å². The molecule has 1 aliphatic heterocycles. The van der Waals surface area contributed by atoms with Crippen LogP contribution in [0, 0.1) is 10.1 Å². The van der Waals surface area contributed by atoms with Gasteiger partial charge in [-0.3, -0.25) is 19.8 Å². The maximum absolute atomic E-state index is 12.2. The van der Waals surface area contributed by atoms with Gasteiger partial charge in [0.2, 0.25) is 5.91 Å². The molecule has 1 aromatic carbocycles. The smallest absolute Gasteiger partial charge is 0.310 e. The number of nitrogens with one attached hydrogen (secondary N) is 1. The zero-order valence-electron chi connectivity index (χ0n) is 12.9. The lowest BCUT2D eigenvalue weighted by atomic mass is 10.2. The zero-order valence-corrected chi connectivity index (χ0v) is 12.9. The average molecular weight is 319 g/mol. The van der Waals surface area contributed by atoms with E-state index in [1.54, 1.807) is 18.2 Å². The number of amides is 1. The summed E-state index contributed by atoms with van der Waals surface area (Å²) in [5.41, 5.74) is -0.0306. The minimum atomic E-state index is -0.447. The van der Waals surface area contributed by atoms with Crippen molar-refractivity contribution in [2.24, 2.45) is 0 Å². The van der Waals surface area contributed by atoms with Crippen molar-refractivity contribution in [3.8, 4) is 5.75 Å². The van der Waals surface area contributed by atoms with Gasteiger partial charge in [0.25, 0.3) is 0 Å². The van der Waals surface area contributed by atoms with Crippen LogP contribution < -0.4 is 10.1 Å². The first kappa shape index (κ1) is 15.7. The highest BCUT2D eigenvalue weighted by Gasteiger charge is 2.33. The van der Waals surface area contributed by atoms with Crippen molar-refractivity contribution in [3.05, 3.63) is 34.4 Å². The Morgan fingerprint density at radius 2 is 2.13 bits per heavy atom. The summed E-state index contributed by atoms with van der Waals surface area (Å²) in [5.74, 6) is 0.381. The molecule has 0 aromatic heterocycles. The quantitative estimate of drug-likeness (QED) is 0.611. The first-order valence-corrected chi connectivity index (χ1v) is 8.06. The van der Waals surface area contributed by atoms with Gasteiger partial charge in [0.15, 0.2) is 5.75 Å². The van der Waals surface area contributed by atoms with Crippen molar-refractivity contribution in [1.82, 2.24) is 10.2 Å². The summed E-state index contributed by atoms with van der Waals surface area (Å²) in [4.78, 5) is 24.8. The van der Waals surface area contributed by atoms with E-state index in [9.17, 15) is 14.9 Å². The lowest BCUT2D eigenvalue weighted by Crippen LogP contribution is -2.45. The second kappa shape index (κ2) is 6.95. The van der Waals surface area contributed by atoms with Crippen LogP contribution in [0.1, 0.15) is 25.7 Å². The Kier molecular flexibility index (Phi) is 4.76. The first-order valence-electron chi connectivity index (χ1n) is 8.06. The van der Waals surface area contributed by atoms with Crippen LogP contribution in [0.5, 0.6) is 5.75 Å². The molecule has 0 radical (unpaired) electrons. The minimum Gasteiger partial charge on any atom is -0.485 e. The van der Waals surface area contributed by atoms with Crippen LogP contribution in [0.25, 0.3) is 0 Å². The van der Waals surface area contributed by atoms with Gasteiger partial charge in [-0.2, -0.15) is 0 Å². The number of nitro benzene ring substituents is 1. The van der Waals surface area contributed by atoms with Crippen molar-refractivity contribution >= 4 is 11.6 Å². The number of nitrogens with zero attached hydrogens (tertiary/aromatic N) is 2. The number of carbonyl (C=O) groups excluding carboxylic acids is 1. The minimum absolute atomic E-state index is 0.0306. The van der Waals surface area contributed by atoms with Gasteiger partial charge in [-0.1, -0.05) is 12.1 Å². The Balaban J connectivity index is 1.51. The standard InChI is InChI=1S/C16H21N3O4/c20-16(17-12-7-8-12)14-5-3-9-18(14)10-11-23-15-6-2-1-4-13(15)19(21)22/h1-2,4,6,12,14H,3,5,7-11H2,(H,17,20)/t14-/m1/s1. The third-order valence-electron chi connectivity index (χ3n) is 4.29. The van der Waals surface area contributed by atoms with Crippen molar-refractivity contribution in [3.63, 3.8) is 0 Å². The predicted octanol–water partition coefficient (Wildman–Crippen LogP) is 1.72. The average Bonchev–Trinajstić information content (AvgIpc) is 3.22. The van der Waals surface area contributed by atoms with Gasteiger partial charge in [0.05, 0.1) is 11.0 Å². The van der Waals surface area contributed by atoms with Crippen molar-refractivity contribution in [2.75, 3.05) is 19.7 Å². The molecule has 0 bridgehead atoms. The monoisotopic (exact) mass is 319 g/mol. The van der Waals surface area contributed by atoms with Crippen LogP contribution in [0.4, 0.5) is 5.69 Å². The number of rotatable bonds is 7. The van der Waals surface area contributed by atoms with Gasteiger partial charge in [-0.15, -0.1) is 0 Å². The lowest BCUT2D eigenvalue weighted by molar-refractivity contribution is -0.385.